The Bertz CT molecular complexity index is 524. The summed E-state index contributed by atoms with van der Waals surface area (Å²) < 4.78 is 10.5. The van der Waals surface area contributed by atoms with Crippen LogP contribution >= 0.6 is 0 Å². The van der Waals surface area contributed by atoms with Crippen molar-refractivity contribution in [2.75, 3.05) is 6.61 Å². The second-order valence-electron chi connectivity index (χ2n) is 9.14. The third kappa shape index (κ3) is 8.19. The second kappa shape index (κ2) is 11.4. The third-order valence-corrected chi connectivity index (χ3v) is 5.00. The number of carbonyl (C=O) groups excluding carboxylic acids is 3. The first-order valence-electron chi connectivity index (χ1n) is 10.8. The van der Waals surface area contributed by atoms with Crippen molar-refractivity contribution < 1.29 is 23.9 Å². The van der Waals surface area contributed by atoms with Gasteiger partial charge in [0, 0.05) is 5.92 Å². The number of ether oxygens (including phenoxy) is 2. The van der Waals surface area contributed by atoms with Crippen molar-refractivity contribution in [1.82, 2.24) is 4.90 Å². The van der Waals surface area contributed by atoms with Crippen LogP contribution in [0.1, 0.15) is 92.9 Å². The van der Waals surface area contributed by atoms with Crippen molar-refractivity contribution in [3.63, 3.8) is 0 Å². The molecule has 0 N–H and O–H groups in total. The molecule has 0 bridgehead atoms. The van der Waals surface area contributed by atoms with Crippen LogP contribution in [0.2, 0.25) is 0 Å². The fraction of sp³-hybridized carbons (Fsp3) is 0.864. The Labute approximate surface area is 170 Å². The van der Waals surface area contributed by atoms with E-state index in [9.17, 15) is 14.4 Å². The quantitative estimate of drug-likeness (QED) is 0.359. The van der Waals surface area contributed by atoms with E-state index in [1.54, 1.807) is 0 Å². The van der Waals surface area contributed by atoms with Crippen molar-refractivity contribution >= 4 is 18.0 Å². The number of unbranched alkanes of at least 4 members (excludes halogenated alkanes) is 5. The summed E-state index contributed by atoms with van der Waals surface area (Å²) in [6.45, 7) is 11.7. The van der Waals surface area contributed by atoms with Crippen LogP contribution in [-0.2, 0) is 19.1 Å². The highest BCUT2D eigenvalue weighted by Crippen LogP contribution is 2.26. The van der Waals surface area contributed by atoms with Crippen LogP contribution in [-0.4, -0.2) is 41.1 Å². The average molecular weight is 398 g/mol. The predicted octanol–water partition coefficient (Wildman–Crippen LogP) is 5.09. The molecular formula is C22H39NO5. The van der Waals surface area contributed by atoms with E-state index in [2.05, 4.69) is 6.92 Å². The van der Waals surface area contributed by atoms with Crippen LogP contribution in [0.3, 0.4) is 0 Å². The Morgan fingerprint density at radius 3 is 2.32 bits per heavy atom. The van der Waals surface area contributed by atoms with Crippen molar-refractivity contribution in [3.8, 4) is 0 Å². The fourth-order valence-electron chi connectivity index (χ4n) is 3.45. The van der Waals surface area contributed by atoms with Gasteiger partial charge in [-0.05, 0) is 33.1 Å². The maximum Gasteiger partial charge on any atom is 0.416 e. The minimum absolute atomic E-state index is 0.000339. The number of nitrogens with zero attached hydrogens (tertiary/aromatic N) is 1. The van der Waals surface area contributed by atoms with Gasteiger partial charge in [0.25, 0.3) is 0 Å². The van der Waals surface area contributed by atoms with Gasteiger partial charge in [0.05, 0.1) is 12.5 Å². The van der Waals surface area contributed by atoms with Crippen molar-refractivity contribution in [2.45, 2.75) is 105 Å². The van der Waals surface area contributed by atoms with E-state index in [0.29, 0.717) is 6.42 Å². The lowest BCUT2D eigenvalue weighted by atomic mass is 9.94. The molecule has 2 atom stereocenters. The fourth-order valence-corrected chi connectivity index (χ4v) is 3.45. The summed E-state index contributed by atoms with van der Waals surface area (Å²) in [7, 11) is 0. The molecule has 0 spiro atoms. The van der Waals surface area contributed by atoms with Gasteiger partial charge in [-0.15, -0.1) is 0 Å². The number of rotatable bonds is 11. The molecule has 0 radical (unpaired) electrons. The van der Waals surface area contributed by atoms with E-state index < -0.39 is 23.6 Å². The molecule has 6 heteroatoms. The van der Waals surface area contributed by atoms with E-state index in [-0.39, 0.29) is 30.9 Å². The molecule has 0 aromatic carbocycles. The highest BCUT2D eigenvalue weighted by atomic mass is 16.6. The van der Waals surface area contributed by atoms with Crippen LogP contribution in [0, 0.1) is 11.8 Å². The smallest absolute Gasteiger partial charge is 0.416 e. The first-order chi connectivity index (χ1) is 13.1. The SMILES string of the molecule is CCCCCCCC[C@H](CC(=O)OC(C)(C)C)C(=O)N1C(=O)OCC1C(C)C. The van der Waals surface area contributed by atoms with Crippen molar-refractivity contribution in [2.24, 2.45) is 11.8 Å². The Kier molecular flexibility index (Phi) is 9.97. The van der Waals surface area contributed by atoms with Gasteiger partial charge in [-0.3, -0.25) is 9.59 Å². The van der Waals surface area contributed by atoms with E-state index in [1.165, 1.54) is 24.2 Å². The minimum atomic E-state index is -0.599. The highest BCUT2D eigenvalue weighted by Gasteiger charge is 2.42. The molecule has 1 fully saturated rings. The zero-order valence-corrected chi connectivity index (χ0v) is 18.6. The van der Waals surface area contributed by atoms with Crippen LogP contribution in [0.4, 0.5) is 4.79 Å². The van der Waals surface area contributed by atoms with Gasteiger partial charge in [0.1, 0.15) is 12.2 Å². The largest absolute Gasteiger partial charge is 0.460 e. The number of imide groups is 1. The maximum absolute atomic E-state index is 13.2. The lowest BCUT2D eigenvalue weighted by Crippen LogP contribution is -2.45. The summed E-state index contributed by atoms with van der Waals surface area (Å²) in [6.07, 6.45) is 6.59. The van der Waals surface area contributed by atoms with Gasteiger partial charge in [0.15, 0.2) is 0 Å². The molecule has 1 heterocycles. The zero-order chi connectivity index (χ0) is 21.3. The number of amides is 2. The predicted molar refractivity (Wildman–Crippen MR) is 109 cm³/mol. The molecule has 2 amide bonds. The Hall–Kier alpha value is -1.59. The normalized spacial score (nSPS) is 18.3. The van der Waals surface area contributed by atoms with Gasteiger partial charge >= 0.3 is 12.1 Å². The van der Waals surface area contributed by atoms with Gasteiger partial charge < -0.3 is 9.47 Å². The molecule has 1 unspecified atom stereocenters. The van der Waals surface area contributed by atoms with E-state index in [4.69, 9.17) is 9.47 Å². The molecule has 1 aliphatic heterocycles. The van der Waals surface area contributed by atoms with Crippen molar-refractivity contribution in [3.05, 3.63) is 0 Å². The average Bonchev–Trinajstić information content (AvgIpc) is 2.96. The molecule has 0 saturated carbocycles. The summed E-state index contributed by atoms with van der Waals surface area (Å²) in [4.78, 5) is 38.9. The molecule has 162 valence electrons. The molecule has 0 aromatic heterocycles. The van der Waals surface area contributed by atoms with Gasteiger partial charge in [-0.25, -0.2) is 9.69 Å². The number of hydrogen-bond donors (Lipinski definition) is 0. The molecule has 6 nitrogen and oxygen atoms in total. The number of cyclic esters (lactones) is 1. The molecular weight excluding hydrogens is 358 g/mol. The minimum Gasteiger partial charge on any atom is -0.460 e. The van der Waals surface area contributed by atoms with Crippen LogP contribution < -0.4 is 0 Å². The van der Waals surface area contributed by atoms with E-state index >= 15 is 0 Å². The van der Waals surface area contributed by atoms with Gasteiger partial charge in [-0.2, -0.15) is 0 Å². The molecule has 1 rings (SSSR count). The standard InChI is InChI=1S/C22H39NO5/c1-7-8-9-10-11-12-13-17(14-19(24)28-22(4,5)6)20(25)23-18(16(2)3)15-27-21(23)26/h16-18H,7-15H2,1-6H3/t17-,18?/m1/s1. The van der Waals surface area contributed by atoms with Gasteiger partial charge in [0.2, 0.25) is 5.91 Å². The zero-order valence-electron chi connectivity index (χ0n) is 18.6. The molecule has 1 aliphatic rings. The second-order valence-corrected chi connectivity index (χ2v) is 9.14. The van der Waals surface area contributed by atoms with Crippen molar-refractivity contribution in [1.29, 1.82) is 0 Å². The van der Waals surface area contributed by atoms with Crippen LogP contribution in [0.15, 0.2) is 0 Å². The highest BCUT2D eigenvalue weighted by molar-refractivity contribution is 5.96. The first kappa shape index (κ1) is 24.4. The molecule has 0 aliphatic carbocycles. The first-order valence-corrected chi connectivity index (χ1v) is 10.8. The molecule has 28 heavy (non-hydrogen) atoms. The molecule has 0 aromatic rings. The van der Waals surface area contributed by atoms with Crippen LogP contribution in [0.5, 0.6) is 0 Å². The number of hydrogen-bond acceptors (Lipinski definition) is 5. The summed E-state index contributed by atoms with van der Waals surface area (Å²) in [6, 6.07) is -0.273. The van der Waals surface area contributed by atoms with Crippen LogP contribution in [0.25, 0.3) is 0 Å². The van der Waals surface area contributed by atoms with E-state index in [1.807, 2.05) is 34.6 Å². The van der Waals surface area contributed by atoms with E-state index in [0.717, 1.165) is 19.3 Å². The lowest BCUT2D eigenvalue weighted by Gasteiger charge is -2.27. The lowest BCUT2D eigenvalue weighted by molar-refractivity contribution is -0.158. The molecule has 1 saturated heterocycles. The summed E-state index contributed by atoms with van der Waals surface area (Å²) in [5.41, 5.74) is -0.599. The Morgan fingerprint density at radius 2 is 1.75 bits per heavy atom. The maximum atomic E-state index is 13.2. The summed E-state index contributed by atoms with van der Waals surface area (Å²) >= 11 is 0. The monoisotopic (exact) mass is 397 g/mol. The number of esters is 1. The third-order valence-electron chi connectivity index (χ3n) is 5.00. The Morgan fingerprint density at radius 1 is 1.14 bits per heavy atom. The summed E-state index contributed by atoms with van der Waals surface area (Å²) in [5.74, 6) is -1.15. The Balaban J connectivity index is 2.78. The van der Waals surface area contributed by atoms with Gasteiger partial charge in [-0.1, -0.05) is 59.3 Å². The number of carbonyl (C=O) groups is 3. The summed E-state index contributed by atoms with van der Waals surface area (Å²) in [5, 5.41) is 0. The topological polar surface area (TPSA) is 72.9 Å².